The molecule has 0 heterocycles. The minimum atomic E-state index is -0.292. The summed E-state index contributed by atoms with van der Waals surface area (Å²) in [4.78, 5) is 0. The standard InChI is InChI=1S/C16H27NOS/c1-4-11-17-16(13-18,10-12-19-14(2)3)15-8-6-5-7-9-15/h5-9,14,17-18H,4,10-13H2,1-3H3. The second-order valence-electron chi connectivity index (χ2n) is 5.20. The smallest absolute Gasteiger partial charge is 0.0677 e. The average molecular weight is 281 g/mol. The molecule has 0 spiro atoms. The van der Waals surface area contributed by atoms with E-state index in [0.717, 1.165) is 25.1 Å². The minimum Gasteiger partial charge on any atom is -0.394 e. The molecule has 0 amide bonds. The zero-order valence-electron chi connectivity index (χ0n) is 12.4. The van der Waals surface area contributed by atoms with Crippen LogP contribution in [-0.2, 0) is 5.54 Å². The number of rotatable bonds is 9. The van der Waals surface area contributed by atoms with E-state index in [0.29, 0.717) is 5.25 Å². The third-order valence-corrected chi connectivity index (χ3v) is 4.40. The number of hydrogen-bond acceptors (Lipinski definition) is 3. The van der Waals surface area contributed by atoms with Crippen molar-refractivity contribution in [3.05, 3.63) is 35.9 Å². The summed E-state index contributed by atoms with van der Waals surface area (Å²) in [5, 5.41) is 14.1. The fourth-order valence-electron chi connectivity index (χ4n) is 2.15. The van der Waals surface area contributed by atoms with Crippen LogP contribution in [0.2, 0.25) is 0 Å². The number of thioether (sulfide) groups is 1. The molecule has 0 aliphatic rings. The van der Waals surface area contributed by atoms with Crippen LogP contribution in [0.3, 0.4) is 0 Å². The molecule has 0 saturated heterocycles. The van der Waals surface area contributed by atoms with Gasteiger partial charge in [0.15, 0.2) is 0 Å². The van der Waals surface area contributed by atoms with Crippen LogP contribution >= 0.6 is 11.8 Å². The molecule has 0 saturated carbocycles. The summed E-state index contributed by atoms with van der Waals surface area (Å²) in [7, 11) is 0. The topological polar surface area (TPSA) is 32.3 Å². The summed E-state index contributed by atoms with van der Waals surface area (Å²) in [5.41, 5.74) is 0.898. The molecule has 1 aromatic carbocycles. The van der Waals surface area contributed by atoms with Crippen molar-refractivity contribution in [1.29, 1.82) is 0 Å². The Morgan fingerprint density at radius 3 is 2.47 bits per heavy atom. The molecule has 1 rings (SSSR count). The molecule has 19 heavy (non-hydrogen) atoms. The maximum absolute atomic E-state index is 9.95. The van der Waals surface area contributed by atoms with E-state index >= 15 is 0 Å². The van der Waals surface area contributed by atoms with Gasteiger partial charge in [0.2, 0.25) is 0 Å². The highest BCUT2D eigenvalue weighted by Crippen LogP contribution is 2.27. The maximum Gasteiger partial charge on any atom is 0.0677 e. The van der Waals surface area contributed by atoms with E-state index in [1.54, 1.807) is 0 Å². The van der Waals surface area contributed by atoms with Crippen molar-refractivity contribution in [2.75, 3.05) is 18.9 Å². The molecular formula is C16H27NOS. The first-order valence-corrected chi connectivity index (χ1v) is 8.22. The van der Waals surface area contributed by atoms with Gasteiger partial charge in [0.05, 0.1) is 12.1 Å². The van der Waals surface area contributed by atoms with Gasteiger partial charge in [-0.25, -0.2) is 0 Å². The molecule has 1 aromatic rings. The SMILES string of the molecule is CCCNC(CO)(CCSC(C)C)c1ccccc1. The Labute approximate surface area is 122 Å². The number of aliphatic hydroxyl groups excluding tert-OH is 1. The van der Waals surface area contributed by atoms with E-state index in [-0.39, 0.29) is 12.1 Å². The van der Waals surface area contributed by atoms with Crippen molar-refractivity contribution in [1.82, 2.24) is 5.32 Å². The summed E-state index contributed by atoms with van der Waals surface area (Å²) in [6, 6.07) is 10.3. The third-order valence-electron chi connectivity index (χ3n) is 3.29. The molecule has 0 radical (unpaired) electrons. The van der Waals surface area contributed by atoms with E-state index in [1.807, 2.05) is 30.0 Å². The van der Waals surface area contributed by atoms with E-state index in [1.165, 1.54) is 5.56 Å². The number of benzene rings is 1. The van der Waals surface area contributed by atoms with Crippen molar-refractivity contribution in [2.45, 2.75) is 44.4 Å². The van der Waals surface area contributed by atoms with Gasteiger partial charge in [-0.3, -0.25) is 0 Å². The van der Waals surface area contributed by atoms with Crippen LogP contribution in [0.4, 0.5) is 0 Å². The van der Waals surface area contributed by atoms with Gasteiger partial charge in [-0.2, -0.15) is 11.8 Å². The Balaban J connectivity index is 2.81. The van der Waals surface area contributed by atoms with Crippen molar-refractivity contribution < 1.29 is 5.11 Å². The Morgan fingerprint density at radius 2 is 1.95 bits per heavy atom. The molecule has 1 unspecified atom stereocenters. The van der Waals surface area contributed by atoms with Crippen LogP contribution in [-0.4, -0.2) is 29.3 Å². The Morgan fingerprint density at radius 1 is 1.26 bits per heavy atom. The monoisotopic (exact) mass is 281 g/mol. The zero-order valence-corrected chi connectivity index (χ0v) is 13.2. The van der Waals surface area contributed by atoms with E-state index in [2.05, 4.69) is 38.2 Å². The van der Waals surface area contributed by atoms with Crippen LogP contribution in [0.5, 0.6) is 0 Å². The lowest BCUT2D eigenvalue weighted by molar-refractivity contribution is 0.157. The zero-order chi connectivity index (χ0) is 14.1. The average Bonchev–Trinajstić information content (AvgIpc) is 2.43. The normalized spacial score (nSPS) is 14.6. The first-order chi connectivity index (χ1) is 9.14. The van der Waals surface area contributed by atoms with Gasteiger partial charge in [-0.1, -0.05) is 51.1 Å². The number of hydrogen-bond donors (Lipinski definition) is 2. The highest BCUT2D eigenvalue weighted by Gasteiger charge is 2.30. The van der Waals surface area contributed by atoms with Gasteiger partial charge in [0.1, 0.15) is 0 Å². The van der Waals surface area contributed by atoms with E-state index in [9.17, 15) is 5.11 Å². The summed E-state index contributed by atoms with van der Waals surface area (Å²) < 4.78 is 0. The van der Waals surface area contributed by atoms with Crippen molar-refractivity contribution in [3.63, 3.8) is 0 Å². The Bertz CT molecular complexity index is 342. The Hall–Kier alpha value is -0.510. The summed E-state index contributed by atoms with van der Waals surface area (Å²) in [6.45, 7) is 7.67. The van der Waals surface area contributed by atoms with Crippen molar-refractivity contribution >= 4 is 11.8 Å². The maximum atomic E-state index is 9.95. The molecular weight excluding hydrogens is 254 g/mol. The lowest BCUT2D eigenvalue weighted by Crippen LogP contribution is -2.46. The predicted octanol–water partition coefficient (Wildman–Crippen LogP) is 3.41. The molecule has 2 nitrogen and oxygen atoms in total. The van der Waals surface area contributed by atoms with Crippen LogP contribution < -0.4 is 5.32 Å². The van der Waals surface area contributed by atoms with Gasteiger partial charge in [0, 0.05) is 0 Å². The minimum absolute atomic E-state index is 0.148. The van der Waals surface area contributed by atoms with Crippen LogP contribution in [0.25, 0.3) is 0 Å². The first-order valence-electron chi connectivity index (χ1n) is 7.17. The first kappa shape index (κ1) is 16.5. The highest BCUT2D eigenvalue weighted by molar-refractivity contribution is 7.99. The van der Waals surface area contributed by atoms with Crippen LogP contribution in [0.1, 0.15) is 39.2 Å². The second-order valence-corrected chi connectivity index (χ2v) is 6.89. The lowest BCUT2D eigenvalue weighted by Gasteiger charge is -2.34. The number of nitrogens with one attached hydrogen (secondary N) is 1. The fourth-order valence-corrected chi connectivity index (χ4v) is 3.09. The van der Waals surface area contributed by atoms with E-state index < -0.39 is 0 Å². The second kappa shape index (κ2) is 8.62. The van der Waals surface area contributed by atoms with Gasteiger partial charge in [-0.15, -0.1) is 0 Å². The van der Waals surface area contributed by atoms with Crippen LogP contribution in [0.15, 0.2) is 30.3 Å². The molecule has 0 fully saturated rings. The van der Waals surface area contributed by atoms with Gasteiger partial charge in [-0.05, 0) is 36.0 Å². The number of aliphatic hydroxyl groups is 1. The molecule has 1 atom stereocenters. The molecule has 2 N–H and O–H groups in total. The molecule has 3 heteroatoms. The molecule has 0 aliphatic heterocycles. The molecule has 0 aliphatic carbocycles. The van der Waals surface area contributed by atoms with Gasteiger partial charge >= 0.3 is 0 Å². The van der Waals surface area contributed by atoms with Gasteiger partial charge < -0.3 is 10.4 Å². The molecule has 0 aromatic heterocycles. The van der Waals surface area contributed by atoms with Crippen molar-refractivity contribution in [2.24, 2.45) is 0 Å². The lowest BCUT2D eigenvalue weighted by atomic mass is 9.88. The third kappa shape index (κ3) is 5.17. The fraction of sp³-hybridized carbons (Fsp3) is 0.625. The summed E-state index contributed by atoms with van der Waals surface area (Å²) in [6.07, 6.45) is 2.03. The summed E-state index contributed by atoms with van der Waals surface area (Å²) >= 11 is 1.95. The molecule has 108 valence electrons. The molecule has 0 bridgehead atoms. The summed E-state index contributed by atoms with van der Waals surface area (Å²) in [5.74, 6) is 1.06. The van der Waals surface area contributed by atoms with Gasteiger partial charge in [0.25, 0.3) is 0 Å². The largest absolute Gasteiger partial charge is 0.394 e. The Kier molecular flexibility index (Phi) is 7.51. The predicted molar refractivity (Wildman–Crippen MR) is 85.7 cm³/mol. The highest BCUT2D eigenvalue weighted by atomic mass is 32.2. The van der Waals surface area contributed by atoms with Crippen LogP contribution in [0, 0.1) is 0 Å². The van der Waals surface area contributed by atoms with Crippen molar-refractivity contribution in [3.8, 4) is 0 Å². The quantitative estimate of drug-likeness (QED) is 0.727. The van der Waals surface area contributed by atoms with E-state index in [4.69, 9.17) is 0 Å².